The van der Waals surface area contributed by atoms with Crippen LogP contribution in [0, 0.1) is 0 Å². The van der Waals surface area contributed by atoms with Crippen LogP contribution in [0.15, 0.2) is 77.6 Å². The summed E-state index contributed by atoms with van der Waals surface area (Å²) in [4.78, 5) is 13.5. The highest BCUT2D eigenvalue weighted by Gasteiger charge is 2.25. The number of aryl methyl sites for hydroxylation is 2. The van der Waals surface area contributed by atoms with Gasteiger partial charge in [-0.25, -0.2) is 0 Å². The Morgan fingerprint density at radius 1 is 0.852 bits per heavy atom. The predicted molar refractivity (Wildman–Crippen MR) is 109 cm³/mol. The normalized spacial score (nSPS) is 12.5. The first-order chi connectivity index (χ1) is 13.3. The lowest BCUT2D eigenvalue weighted by molar-refractivity contribution is 0.415. The van der Waals surface area contributed by atoms with Crippen LogP contribution >= 0.6 is 0 Å². The molecule has 4 aromatic rings. The Morgan fingerprint density at radius 3 is 2.11 bits per heavy atom. The van der Waals surface area contributed by atoms with E-state index < -0.39 is 0 Å². The second-order valence-corrected chi connectivity index (χ2v) is 6.87. The van der Waals surface area contributed by atoms with E-state index in [4.69, 9.17) is 4.74 Å². The zero-order chi connectivity index (χ0) is 18.4. The highest BCUT2D eigenvalue weighted by atomic mass is 16.5. The highest BCUT2D eigenvalue weighted by molar-refractivity contribution is 6.04. The van der Waals surface area contributed by atoms with Crippen molar-refractivity contribution in [3.05, 3.63) is 88.7 Å². The van der Waals surface area contributed by atoms with Crippen molar-refractivity contribution >= 4 is 10.9 Å². The molecule has 0 atom stereocenters. The summed E-state index contributed by atoms with van der Waals surface area (Å²) in [5, 5.41) is 1.08. The summed E-state index contributed by atoms with van der Waals surface area (Å²) >= 11 is 0. The summed E-state index contributed by atoms with van der Waals surface area (Å²) in [5.41, 5.74) is 6.04. The van der Waals surface area contributed by atoms with Crippen LogP contribution in [-0.4, -0.2) is 11.7 Å². The molecule has 0 aliphatic carbocycles. The van der Waals surface area contributed by atoms with Crippen molar-refractivity contribution in [2.45, 2.75) is 13.0 Å². The number of pyridine rings is 1. The van der Waals surface area contributed by atoms with Gasteiger partial charge in [-0.1, -0.05) is 60.7 Å². The Bertz CT molecular complexity index is 1210. The fraction of sp³-hybridized carbons (Fsp3) is 0.125. The van der Waals surface area contributed by atoms with Crippen LogP contribution in [0.4, 0.5) is 0 Å². The van der Waals surface area contributed by atoms with Crippen LogP contribution in [0.5, 0.6) is 5.75 Å². The van der Waals surface area contributed by atoms with Crippen molar-refractivity contribution in [1.82, 2.24) is 4.57 Å². The summed E-state index contributed by atoms with van der Waals surface area (Å²) in [6.07, 6.45) is 0.857. The Labute approximate surface area is 157 Å². The number of ether oxygens (including phenoxy) is 1. The van der Waals surface area contributed by atoms with E-state index in [1.54, 1.807) is 7.11 Å². The van der Waals surface area contributed by atoms with E-state index in [1.165, 1.54) is 5.56 Å². The lowest BCUT2D eigenvalue weighted by Gasteiger charge is -2.17. The molecule has 3 nitrogen and oxygen atoms in total. The highest BCUT2D eigenvalue weighted by Crippen LogP contribution is 2.40. The third-order valence-electron chi connectivity index (χ3n) is 5.38. The average Bonchev–Trinajstić information content (AvgIpc) is 3.16. The fourth-order valence-corrected chi connectivity index (χ4v) is 4.18. The maximum Gasteiger partial charge on any atom is 0.259 e. The van der Waals surface area contributed by atoms with Gasteiger partial charge in [0.2, 0.25) is 0 Å². The van der Waals surface area contributed by atoms with Gasteiger partial charge in [-0.3, -0.25) is 4.79 Å². The second-order valence-electron chi connectivity index (χ2n) is 6.87. The van der Waals surface area contributed by atoms with Crippen LogP contribution in [0.1, 0.15) is 5.56 Å². The molecule has 2 heterocycles. The molecule has 1 aliphatic heterocycles. The molecule has 0 saturated carbocycles. The molecule has 3 heteroatoms. The zero-order valence-electron chi connectivity index (χ0n) is 15.1. The van der Waals surface area contributed by atoms with Crippen LogP contribution in [-0.2, 0) is 13.0 Å². The topological polar surface area (TPSA) is 31.2 Å². The summed E-state index contributed by atoms with van der Waals surface area (Å²) in [7, 11) is 1.69. The summed E-state index contributed by atoms with van der Waals surface area (Å²) in [6.45, 7) is 0.715. The smallest absolute Gasteiger partial charge is 0.259 e. The van der Waals surface area contributed by atoms with E-state index in [0.717, 1.165) is 45.3 Å². The number of methoxy groups -OCH3 is 1. The first-order valence-corrected chi connectivity index (χ1v) is 9.16. The van der Waals surface area contributed by atoms with Crippen LogP contribution in [0.25, 0.3) is 33.2 Å². The monoisotopic (exact) mass is 353 g/mol. The predicted octanol–water partition coefficient (Wildman–Crippen LogP) is 4.90. The van der Waals surface area contributed by atoms with Gasteiger partial charge in [0.1, 0.15) is 5.75 Å². The zero-order valence-corrected chi connectivity index (χ0v) is 15.1. The molecule has 1 aromatic heterocycles. The van der Waals surface area contributed by atoms with Gasteiger partial charge in [-0.05, 0) is 35.2 Å². The van der Waals surface area contributed by atoms with Gasteiger partial charge in [0.15, 0.2) is 0 Å². The third-order valence-corrected chi connectivity index (χ3v) is 5.38. The van der Waals surface area contributed by atoms with Crippen molar-refractivity contribution in [1.29, 1.82) is 0 Å². The number of rotatable bonds is 3. The minimum atomic E-state index is 0.0801. The van der Waals surface area contributed by atoms with Gasteiger partial charge in [0.05, 0.1) is 18.2 Å². The Morgan fingerprint density at radius 2 is 1.48 bits per heavy atom. The van der Waals surface area contributed by atoms with Crippen LogP contribution < -0.4 is 10.3 Å². The second kappa shape index (κ2) is 6.13. The molecule has 27 heavy (non-hydrogen) atoms. The average molecular weight is 353 g/mol. The molecule has 0 amide bonds. The van der Waals surface area contributed by atoms with Crippen molar-refractivity contribution in [3.63, 3.8) is 0 Å². The van der Waals surface area contributed by atoms with Crippen LogP contribution in [0.2, 0.25) is 0 Å². The summed E-state index contributed by atoms with van der Waals surface area (Å²) in [5.74, 6) is 0.834. The molecule has 3 aromatic carbocycles. The fourth-order valence-electron chi connectivity index (χ4n) is 4.18. The molecule has 0 radical (unpaired) electrons. The lowest BCUT2D eigenvalue weighted by atomic mass is 9.91. The summed E-state index contributed by atoms with van der Waals surface area (Å²) < 4.78 is 7.50. The first-order valence-electron chi connectivity index (χ1n) is 9.16. The van der Waals surface area contributed by atoms with E-state index in [-0.39, 0.29) is 5.56 Å². The van der Waals surface area contributed by atoms with Gasteiger partial charge in [0.25, 0.3) is 5.56 Å². The number of hydrogen-bond donors (Lipinski definition) is 0. The van der Waals surface area contributed by atoms with Crippen molar-refractivity contribution in [2.24, 2.45) is 0 Å². The standard InChI is InChI=1S/C24H19NO2/c1-27-19-14-18-12-13-25-23(18)20(15-19)21(16-8-4-2-5-9-16)22(24(25)26)17-10-6-3-7-11-17/h2-11,14-15H,12-13H2,1H3. The van der Waals surface area contributed by atoms with Crippen molar-refractivity contribution < 1.29 is 4.74 Å². The first kappa shape index (κ1) is 15.9. The number of benzene rings is 3. The summed E-state index contributed by atoms with van der Waals surface area (Å²) in [6, 6.07) is 24.3. The molecule has 5 rings (SSSR count). The van der Waals surface area contributed by atoms with Gasteiger partial charge >= 0.3 is 0 Å². The number of hydrogen-bond acceptors (Lipinski definition) is 2. The van der Waals surface area contributed by atoms with E-state index in [1.807, 2.05) is 53.1 Å². The maximum absolute atomic E-state index is 13.5. The van der Waals surface area contributed by atoms with E-state index in [9.17, 15) is 4.79 Å². The van der Waals surface area contributed by atoms with Crippen LogP contribution in [0.3, 0.4) is 0 Å². The molecule has 0 unspecified atom stereocenters. The molecular weight excluding hydrogens is 334 g/mol. The third kappa shape index (κ3) is 2.39. The SMILES string of the molecule is COc1cc2c3c(c1)c(-c1ccccc1)c(-c1ccccc1)c(=O)n3CC2. The molecular formula is C24H19NO2. The number of nitrogens with zero attached hydrogens (tertiary/aromatic N) is 1. The van der Waals surface area contributed by atoms with Gasteiger partial charge < -0.3 is 9.30 Å². The van der Waals surface area contributed by atoms with Gasteiger partial charge in [-0.2, -0.15) is 0 Å². The molecule has 0 N–H and O–H groups in total. The van der Waals surface area contributed by atoms with E-state index in [0.29, 0.717) is 6.54 Å². The van der Waals surface area contributed by atoms with Crippen molar-refractivity contribution in [2.75, 3.05) is 7.11 Å². The Kier molecular flexibility index (Phi) is 3.61. The lowest BCUT2D eigenvalue weighted by Crippen LogP contribution is -2.21. The van der Waals surface area contributed by atoms with Gasteiger partial charge in [0, 0.05) is 17.5 Å². The largest absolute Gasteiger partial charge is 0.497 e. The van der Waals surface area contributed by atoms with E-state index >= 15 is 0 Å². The molecule has 0 fully saturated rings. The van der Waals surface area contributed by atoms with Crippen molar-refractivity contribution in [3.8, 4) is 28.0 Å². The minimum Gasteiger partial charge on any atom is -0.497 e. The van der Waals surface area contributed by atoms with E-state index in [2.05, 4.69) is 24.3 Å². The Balaban J connectivity index is 2.01. The molecule has 132 valence electrons. The Hall–Kier alpha value is -3.33. The molecule has 1 aliphatic rings. The maximum atomic E-state index is 13.5. The quantitative estimate of drug-likeness (QED) is 0.524. The number of aromatic nitrogens is 1. The molecule has 0 bridgehead atoms. The molecule has 0 saturated heterocycles. The molecule has 0 spiro atoms. The minimum absolute atomic E-state index is 0.0801. The van der Waals surface area contributed by atoms with Gasteiger partial charge in [-0.15, -0.1) is 0 Å².